The Morgan fingerprint density at radius 1 is 0.778 bits per heavy atom. The molecule has 3 rings (SSSR count). The van der Waals surface area contributed by atoms with E-state index < -0.39 is 13.3 Å². The van der Waals surface area contributed by atoms with Gasteiger partial charge in [0.25, 0.3) is 0 Å². The van der Waals surface area contributed by atoms with Gasteiger partial charge in [-0.2, -0.15) is 0 Å². The Balaban J connectivity index is 2.06. The minimum absolute atomic E-state index is 0.271. The molecule has 0 atom stereocenters. The molecule has 0 unspecified atom stereocenters. The summed E-state index contributed by atoms with van der Waals surface area (Å²) >= 11 is -1.96. The van der Waals surface area contributed by atoms with Gasteiger partial charge in [-0.25, -0.2) is 0 Å². The van der Waals surface area contributed by atoms with E-state index in [0.29, 0.717) is 0 Å². The van der Waals surface area contributed by atoms with Crippen molar-refractivity contribution in [2.24, 2.45) is 5.41 Å². The van der Waals surface area contributed by atoms with Crippen LogP contribution < -0.4 is 4.40 Å². The molecule has 0 N–H and O–H groups in total. The van der Waals surface area contributed by atoms with Gasteiger partial charge < -0.3 is 0 Å². The number of benzene rings is 2. The van der Waals surface area contributed by atoms with Crippen LogP contribution in [0.25, 0.3) is 22.4 Å². The third-order valence-corrected chi connectivity index (χ3v) is 9.12. The van der Waals surface area contributed by atoms with Gasteiger partial charge in [0, 0.05) is 0 Å². The van der Waals surface area contributed by atoms with Crippen LogP contribution in [0.15, 0.2) is 66.9 Å². The molecule has 0 saturated carbocycles. The second kappa shape index (κ2) is 7.63. The van der Waals surface area contributed by atoms with Crippen molar-refractivity contribution in [2.45, 2.75) is 44.5 Å². The predicted molar refractivity (Wildman–Crippen MR) is 121 cm³/mol. The van der Waals surface area contributed by atoms with E-state index in [2.05, 4.69) is 105 Å². The molecule has 2 heteroatoms. The summed E-state index contributed by atoms with van der Waals surface area (Å²) in [4.78, 5) is 4.89. The molecule has 1 nitrogen and oxygen atoms in total. The summed E-state index contributed by atoms with van der Waals surface area (Å²) in [6, 6.07) is 21.7. The molecule has 27 heavy (non-hydrogen) atoms. The van der Waals surface area contributed by atoms with Gasteiger partial charge in [-0.3, -0.25) is 0 Å². The second-order valence-corrected chi connectivity index (χ2v) is 20.2. The Morgan fingerprint density at radius 2 is 1.41 bits per heavy atom. The average Bonchev–Trinajstić information content (AvgIpc) is 2.60. The van der Waals surface area contributed by atoms with Gasteiger partial charge in [0.2, 0.25) is 0 Å². The zero-order chi connectivity index (χ0) is 19.7. The molecule has 0 fully saturated rings. The number of hydrogen-bond acceptors (Lipinski definition) is 1. The Bertz CT molecular complexity index is 915. The second-order valence-electron chi connectivity index (χ2n) is 9.66. The Morgan fingerprint density at radius 3 is 2.04 bits per heavy atom. The van der Waals surface area contributed by atoms with Crippen LogP contribution in [0.5, 0.6) is 0 Å². The fourth-order valence-electron chi connectivity index (χ4n) is 3.54. The van der Waals surface area contributed by atoms with Crippen molar-refractivity contribution in [3.05, 3.63) is 72.4 Å². The third-order valence-electron chi connectivity index (χ3n) is 4.78. The summed E-state index contributed by atoms with van der Waals surface area (Å²) < 4.78 is 1.54. The summed E-state index contributed by atoms with van der Waals surface area (Å²) in [5.74, 6) is 7.37. The van der Waals surface area contributed by atoms with Crippen LogP contribution in [-0.4, -0.2) is 18.3 Å². The number of aromatic nitrogens is 1. The summed E-state index contributed by atoms with van der Waals surface area (Å²) in [6.45, 7) is 6.97. The molecule has 0 aliphatic carbocycles. The first kappa shape index (κ1) is 19.9. The molecule has 0 radical (unpaired) electrons. The van der Waals surface area contributed by atoms with E-state index in [4.69, 9.17) is 4.98 Å². The molecule has 0 saturated heterocycles. The topological polar surface area (TPSA) is 12.9 Å². The molecule has 0 spiro atoms. The Hall–Kier alpha value is -1.87. The summed E-state index contributed by atoms with van der Waals surface area (Å²) in [6.07, 6.45) is 3.27. The van der Waals surface area contributed by atoms with Crippen molar-refractivity contribution >= 4 is 17.7 Å². The van der Waals surface area contributed by atoms with Gasteiger partial charge in [-0.1, -0.05) is 0 Å². The van der Waals surface area contributed by atoms with Gasteiger partial charge in [0.1, 0.15) is 0 Å². The van der Waals surface area contributed by atoms with Crippen molar-refractivity contribution < 1.29 is 0 Å². The van der Waals surface area contributed by atoms with Crippen molar-refractivity contribution in [1.29, 1.82) is 0 Å². The third kappa shape index (κ3) is 5.10. The maximum atomic E-state index is 4.89. The normalized spacial score (nSPS) is 12.2. The molecule has 0 amide bonds. The first-order valence-corrected chi connectivity index (χ1v) is 17.1. The van der Waals surface area contributed by atoms with Crippen LogP contribution in [0.3, 0.4) is 0 Å². The molecule has 2 aromatic carbocycles. The number of nitrogens with zero attached hydrogens (tertiary/aromatic N) is 1. The molecule has 3 aromatic rings. The van der Waals surface area contributed by atoms with Gasteiger partial charge in [0.05, 0.1) is 0 Å². The van der Waals surface area contributed by atoms with E-state index in [0.717, 1.165) is 12.1 Å². The van der Waals surface area contributed by atoms with Crippen LogP contribution >= 0.6 is 0 Å². The van der Waals surface area contributed by atoms with Crippen LogP contribution in [-0.2, 0) is 6.42 Å². The van der Waals surface area contributed by atoms with E-state index in [1.54, 1.807) is 0 Å². The zero-order valence-electron chi connectivity index (χ0n) is 17.5. The number of pyridine rings is 1. The van der Waals surface area contributed by atoms with Gasteiger partial charge >= 0.3 is 167 Å². The molecule has 1 aromatic heterocycles. The zero-order valence-corrected chi connectivity index (χ0v) is 19.6. The maximum absolute atomic E-state index is 4.89. The van der Waals surface area contributed by atoms with Crippen LogP contribution in [0.2, 0.25) is 17.3 Å². The SMILES string of the molecule is CC(C)(C)Cc1cc(-c2cccc(-c3ccccc3)c2)nc[c]1[Ge]([CH3])([CH3])[CH3]. The summed E-state index contributed by atoms with van der Waals surface area (Å²) in [7, 11) is 0. The Kier molecular flexibility index (Phi) is 5.62. The van der Waals surface area contributed by atoms with E-state index in [1.165, 1.54) is 26.6 Å². The van der Waals surface area contributed by atoms with E-state index >= 15 is 0 Å². The first-order chi connectivity index (χ1) is 12.6. The molecule has 0 bridgehead atoms. The predicted octanol–water partition coefficient (Wildman–Crippen LogP) is 6.55. The molecular formula is C25H31GeN. The van der Waals surface area contributed by atoms with Crippen LogP contribution in [0.4, 0.5) is 0 Å². The molecule has 0 aliphatic heterocycles. The summed E-state index contributed by atoms with van der Waals surface area (Å²) in [5.41, 5.74) is 6.53. The molecular weight excluding hydrogens is 387 g/mol. The van der Waals surface area contributed by atoms with Crippen molar-refractivity contribution in [1.82, 2.24) is 4.98 Å². The molecule has 0 aliphatic rings. The van der Waals surface area contributed by atoms with Crippen LogP contribution in [0.1, 0.15) is 26.3 Å². The van der Waals surface area contributed by atoms with Crippen molar-refractivity contribution in [3.8, 4) is 22.4 Å². The number of hydrogen-bond donors (Lipinski definition) is 0. The minimum atomic E-state index is -1.96. The standard InChI is InChI=1S/C25H31GeN/c1-25(2,3)17-22-16-24(27-18-23(22)26(4,5)6)21-14-10-13-20(15-21)19-11-8-7-9-12-19/h7-16,18H,17H2,1-6H3. The van der Waals surface area contributed by atoms with E-state index in [1.807, 2.05) is 0 Å². The quantitative estimate of drug-likeness (QED) is 0.438. The van der Waals surface area contributed by atoms with Crippen molar-refractivity contribution in [3.63, 3.8) is 0 Å². The first-order valence-electron chi connectivity index (χ1n) is 9.79. The summed E-state index contributed by atoms with van der Waals surface area (Å²) in [5, 5.41) is 0. The number of rotatable bonds is 4. The van der Waals surface area contributed by atoms with E-state index in [9.17, 15) is 0 Å². The molecule has 1 heterocycles. The van der Waals surface area contributed by atoms with E-state index in [-0.39, 0.29) is 5.41 Å². The van der Waals surface area contributed by atoms with Crippen molar-refractivity contribution in [2.75, 3.05) is 0 Å². The fraction of sp³-hybridized carbons (Fsp3) is 0.320. The average molecular weight is 418 g/mol. The fourth-order valence-corrected chi connectivity index (χ4v) is 6.84. The van der Waals surface area contributed by atoms with Crippen LogP contribution in [0, 0.1) is 5.41 Å². The monoisotopic (exact) mass is 419 g/mol. The van der Waals surface area contributed by atoms with Gasteiger partial charge in [-0.15, -0.1) is 0 Å². The Labute approximate surface area is 167 Å². The van der Waals surface area contributed by atoms with Gasteiger partial charge in [-0.05, 0) is 0 Å². The molecule has 140 valence electrons. The van der Waals surface area contributed by atoms with Gasteiger partial charge in [0.15, 0.2) is 0 Å².